The Labute approximate surface area is 106 Å². The molecule has 1 fully saturated rings. The van der Waals surface area contributed by atoms with E-state index in [0.29, 0.717) is 11.6 Å². The van der Waals surface area contributed by atoms with Crippen LogP contribution in [0.4, 0.5) is 4.39 Å². The molecule has 0 saturated heterocycles. The molecule has 0 aliphatic heterocycles. The van der Waals surface area contributed by atoms with Crippen molar-refractivity contribution >= 4 is 11.0 Å². The fraction of sp³-hybridized carbons (Fsp3) is 0.500. The van der Waals surface area contributed by atoms with Gasteiger partial charge in [0.2, 0.25) is 0 Å². The van der Waals surface area contributed by atoms with Crippen molar-refractivity contribution in [2.45, 2.75) is 45.3 Å². The van der Waals surface area contributed by atoms with Crippen LogP contribution in [0.1, 0.15) is 38.6 Å². The Morgan fingerprint density at radius 1 is 1.44 bits per heavy atom. The highest BCUT2D eigenvalue weighted by atomic mass is 19.1. The minimum atomic E-state index is -0.237. The quantitative estimate of drug-likeness (QED) is 0.900. The van der Waals surface area contributed by atoms with Gasteiger partial charge in [-0.1, -0.05) is 6.07 Å². The zero-order valence-corrected chi connectivity index (χ0v) is 10.8. The van der Waals surface area contributed by atoms with Crippen molar-refractivity contribution in [2.24, 2.45) is 0 Å². The first kappa shape index (κ1) is 11.7. The van der Waals surface area contributed by atoms with Gasteiger partial charge < -0.3 is 9.88 Å². The molecule has 0 amide bonds. The van der Waals surface area contributed by atoms with Crippen LogP contribution in [-0.4, -0.2) is 15.6 Å². The molecule has 1 aliphatic rings. The van der Waals surface area contributed by atoms with Crippen molar-refractivity contribution in [3.05, 3.63) is 29.8 Å². The summed E-state index contributed by atoms with van der Waals surface area (Å²) < 4.78 is 15.9. The number of aromatic nitrogens is 2. The lowest BCUT2D eigenvalue weighted by Gasteiger charge is -2.13. The van der Waals surface area contributed by atoms with Crippen molar-refractivity contribution < 1.29 is 4.39 Å². The number of imidazole rings is 1. The Bertz CT molecular complexity index is 570. The van der Waals surface area contributed by atoms with E-state index in [4.69, 9.17) is 0 Å². The van der Waals surface area contributed by atoms with Gasteiger partial charge in [-0.3, -0.25) is 0 Å². The molecule has 4 heteroatoms. The van der Waals surface area contributed by atoms with E-state index in [9.17, 15) is 4.39 Å². The third-order valence-electron chi connectivity index (χ3n) is 3.39. The van der Waals surface area contributed by atoms with E-state index in [1.165, 1.54) is 18.9 Å². The fourth-order valence-electron chi connectivity index (χ4n) is 2.35. The normalized spacial score (nSPS) is 15.8. The van der Waals surface area contributed by atoms with E-state index in [2.05, 4.69) is 28.7 Å². The molecule has 1 saturated carbocycles. The fourth-order valence-corrected chi connectivity index (χ4v) is 2.35. The number of nitrogens with zero attached hydrogens (tertiary/aromatic N) is 2. The third-order valence-corrected chi connectivity index (χ3v) is 3.39. The number of benzene rings is 1. The van der Waals surface area contributed by atoms with Gasteiger partial charge in [-0.25, -0.2) is 9.37 Å². The van der Waals surface area contributed by atoms with Gasteiger partial charge in [0.25, 0.3) is 0 Å². The number of halogens is 1. The van der Waals surface area contributed by atoms with E-state index in [-0.39, 0.29) is 11.9 Å². The second kappa shape index (κ2) is 4.35. The van der Waals surface area contributed by atoms with Gasteiger partial charge in [0.1, 0.15) is 11.3 Å². The van der Waals surface area contributed by atoms with Crippen molar-refractivity contribution in [1.29, 1.82) is 0 Å². The SMILES string of the molecule is CC(C)n1c(CNC2CC2)nc2c(F)cccc21. The van der Waals surface area contributed by atoms with Crippen LogP contribution >= 0.6 is 0 Å². The van der Waals surface area contributed by atoms with Crippen LogP contribution in [0.2, 0.25) is 0 Å². The second-order valence-electron chi connectivity index (χ2n) is 5.25. The number of nitrogens with one attached hydrogen (secondary N) is 1. The average molecular weight is 247 g/mol. The minimum Gasteiger partial charge on any atom is -0.324 e. The zero-order chi connectivity index (χ0) is 12.7. The van der Waals surface area contributed by atoms with Crippen molar-refractivity contribution in [1.82, 2.24) is 14.9 Å². The van der Waals surface area contributed by atoms with Crippen LogP contribution in [0.15, 0.2) is 18.2 Å². The number of rotatable bonds is 4. The molecule has 2 aromatic rings. The molecule has 1 aliphatic carbocycles. The Kier molecular flexibility index (Phi) is 2.82. The predicted octanol–water partition coefficient (Wildman–Crippen LogP) is 3.01. The summed E-state index contributed by atoms with van der Waals surface area (Å²) in [5.74, 6) is 0.691. The topological polar surface area (TPSA) is 29.9 Å². The minimum absolute atomic E-state index is 0.237. The largest absolute Gasteiger partial charge is 0.324 e. The Morgan fingerprint density at radius 2 is 2.22 bits per heavy atom. The van der Waals surface area contributed by atoms with Crippen LogP contribution in [0.5, 0.6) is 0 Å². The number of para-hydroxylation sites is 1. The van der Waals surface area contributed by atoms with E-state index in [1.54, 1.807) is 6.07 Å². The summed E-state index contributed by atoms with van der Waals surface area (Å²) in [4.78, 5) is 4.46. The van der Waals surface area contributed by atoms with Gasteiger partial charge in [-0.15, -0.1) is 0 Å². The highest BCUT2D eigenvalue weighted by Crippen LogP contribution is 2.24. The van der Waals surface area contributed by atoms with Gasteiger partial charge in [0, 0.05) is 12.1 Å². The maximum absolute atomic E-state index is 13.8. The molecule has 0 spiro atoms. The van der Waals surface area contributed by atoms with Crippen molar-refractivity contribution in [3.63, 3.8) is 0 Å². The van der Waals surface area contributed by atoms with E-state index < -0.39 is 0 Å². The molecule has 0 radical (unpaired) electrons. The predicted molar refractivity (Wildman–Crippen MR) is 69.9 cm³/mol. The first-order valence-corrected chi connectivity index (χ1v) is 6.55. The lowest BCUT2D eigenvalue weighted by Crippen LogP contribution is -2.19. The first-order chi connectivity index (χ1) is 8.66. The zero-order valence-electron chi connectivity index (χ0n) is 10.8. The summed E-state index contributed by atoms with van der Waals surface area (Å²) in [6.07, 6.45) is 2.49. The second-order valence-corrected chi connectivity index (χ2v) is 5.25. The highest BCUT2D eigenvalue weighted by Gasteiger charge is 2.22. The van der Waals surface area contributed by atoms with Gasteiger partial charge in [-0.2, -0.15) is 0 Å². The van der Waals surface area contributed by atoms with Crippen LogP contribution < -0.4 is 5.32 Å². The smallest absolute Gasteiger partial charge is 0.151 e. The van der Waals surface area contributed by atoms with E-state index in [1.807, 2.05) is 6.07 Å². The van der Waals surface area contributed by atoms with Gasteiger partial charge >= 0.3 is 0 Å². The van der Waals surface area contributed by atoms with Gasteiger partial charge in [-0.05, 0) is 38.8 Å². The molecule has 1 aromatic heterocycles. The van der Waals surface area contributed by atoms with Crippen molar-refractivity contribution in [3.8, 4) is 0 Å². The monoisotopic (exact) mass is 247 g/mol. The number of hydrogen-bond donors (Lipinski definition) is 1. The van der Waals surface area contributed by atoms with Crippen LogP contribution in [0.25, 0.3) is 11.0 Å². The van der Waals surface area contributed by atoms with E-state index >= 15 is 0 Å². The average Bonchev–Trinajstić information content (AvgIpc) is 3.06. The van der Waals surface area contributed by atoms with Crippen LogP contribution in [0, 0.1) is 5.82 Å². The standard InChI is InChI=1S/C14H18FN3/c1-9(2)18-12-5-3-4-11(15)14(12)17-13(18)8-16-10-6-7-10/h3-5,9-10,16H,6-8H2,1-2H3. The summed E-state index contributed by atoms with van der Waals surface area (Å²) in [5.41, 5.74) is 1.37. The number of hydrogen-bond acceptors (Lipinski definition) is 2. The molecule has 3 nitrogen and oxygen atoms in total. The number of fused-ring (bicyclic) bond motifs is 1. The molecule has 1 heterocycles. The molecule has 0 bridgehead atoms. The maximum Gasteiger partial charge on any atom is 0.151 e. The van der Waals surface area contributed by atoms with Gasteiger partial charge in [0.05, 0.1) is 12.1 Å². The van der Waals surface area contributed by atoms with Crippen molar-refractivity contribution in [2.75, 3.05) is 0 Å². The van der Waals surface area contributed by atoms with Crippen LogP contribution in [0.3, 0.4) is 0 Å². The molecular weight excluding hydrogens is 229 g/mol. The molecular formula is C14H18FN3. The summed E-state index contributed by atoms with van der Waals surface area (Å²) in [5, 5.41) is 3.44. The lowest BCUT2D eigenvalue weighted by atomic mass is 10.3. The lowest BCUT2D eigenvalue weighted by molar-refractivity contribution is 0.553. The molecule has 18 heavy (non-hydrogen) atoms. The molecule has 96 valence electrons. The summed E-state index contributed by atoms with van der Waals surface area (Å²) >= 11 is 0. The Hall–Kier alpha value is -1.42. The molecule has 0 unspecified atom stereocenters. The van der Waals surface area contributed by atoms with Crippen LogP contribution in [-0.2, 0) is 6.54 Å². The molecule has 1 aromatic carbocycles. The Morgan fingerprint density at radius 3 is 2.89 bits per heavy atom. The molecule has 1 N–H and O–H groups in total. The third kappa shape index (κ3) is 2.01. The highest BCUT2D eigenvalue weighted by molar-refractivity contribution is 5.76. The van der Waals surface area contributed by atoms with Gasteiger partial charge in [0.15, 0.2) is 5.82 Å². The molecule has 0 atom stereocenters. The molecule has 3 rings (SSSR count). The summed E-state index contributed by atoms with van der Waals surface area (Å²) in [6.45, 7) is 4.93. The van der Waals surface area contributed by atoms with E-state index in [0.717, 1.165) is 17.9 Å². The first-order valence-electron chi connectivity index (χ1n) is 6.55. The summed E-state index contributed by atoms with van der Waals surface area (Å²) in [7, 11) is 0. The maximum atomic E-state index is 13.8. The summed E-state index contributed by atoms with van der Waals surface area (Å²) in [6, 6.07) is 6.07. The Balaban J connectivity index is 2.04.